The SMILES string of the molecule is CC(C)CN1CC(C(=O)NCCCCO)CC1=O. The molecule has 0 spiro atoms. The molecule has 0 aliphatic carbocycles. The van der Waals surface area contributed by atoms with Crippen molar-refractivity contribution in [1.82, 2.24) is 10.2 Å². The second-order valence-electron chi connectivity index (χ2n) is 5.32. The molecule has 5 heteroatoms. The first-order valence-electron chi connectivity index (χ1n) is 6.71. The lowest BCUT2D eigenvalue weighted by Crippen LogP contribution is -2.34. The van der Waals surface area contributed by atoms with Gasteiger partial charge in [-0.3, -0.25) is 9.59 Å². The van der Waals surface area contributed by atoms with Gasteiger partial charge in [-0.05, 0) is 18.8 Å². The van der Waals surface area contributed by atoms with E-state index in [4.69, 9.17) is 5.11 Å². The quantitative estimate of drug-likeness (QED) is 0.647. The number of carbonyl (C=O) groups is 2. The van der Waals surface area contributed by atoms with Crippen LogP contribution in [0.25, 0.3) is 0 Å². The third kappa shape index (κ3) is 4.64. The van der Waals surface area contributed by atoms with Crippen molar-refractivity contribution in [2.45, 2.75) is 33.1 Å². The van der Waals surface area contributed by atoms with E-state index in [0.717, 1.165) is 13.0 Å². The molecule has 1 aliphatic rings. The van der Waals surface area contributed by atoms with Crippen LogP contribution in [0.15, 0.2) is 0 Å². The van der Waals surface area contributed by atoms with Gasteiger partial charge in [0.2, 0.25) is 11.8 Å². The molecule has 1 fully saturated rings. The first kappa shape index (κ1) is 15.0. The Morgan fingerprint density at radius 2 is 2.22 bits per heavy atom. The molecule has 0 aromatic heterocycles. The molecule has 1 unspecified atom stereocenters. The maximum absolute atomic E-state index is 11.8. The maximum atomic E-state index is 11.8. The van der Waals surface area contributed by atoms with Gasteiger partial charge in [-0.1, -0.05) is 13.8 Å². The number of nitrogens with zero attached hydrogens (tertiary/aromatic N) is 1. The summed E-state index contributed by atoms with van der Waals surface area (Å²) in [6, 6.07) is 0. The maximum Gasteiger partial charge on any atom is 0.225 e. The van der Waals surface area contributed by atoms with Gasteiger partial charge in [0.25, 0.3) is 0 Å². The molecule has 5 nitrogen and oxygen atoms in total. The topological polar surface area (TPSA) is 69.6 Å². The Labute approximate surface area is 109 Å². The third-order valence-electron chi connectivity index (χ3n) is 3.05. The first-order valence-corrected chi connectivity index (χ1v) is 6.71. The van der Waals surface area contributed by atoms with Crippen molar-refractivity contribution >= 4 is 11.8 Å². The number of aliphatic hydroxyl groups excluding tert-OH is 1. The Balaban J connectivity index is 2.31. The molecule has 1 atom stereocenters. The zero-order valence-electron chi connectivity index (χ0n) is 11.3. The van der Waals surface area contributed by atoms with Gasteiger partial charge >= 0.3 is 0 Å². The Kier molecular flexibility index (Phi) is 6.12. The molecule has 1 rings (SSSR count). The molecule has 0 aromatic carbocycles. The minimum Gasteiger partial charge on any atom is -0.396 e. The predicted molar refractivity (Wildman–Crippen MR) is 68.9 cm³/mol. The highest BCUT2D eigenvalue weighted by molar-refractivity contribution is 5.89. The minimum atomic E-state index is -0.203. The molecular weight excluding hydrogens is 232 g/mol. The molecule has 18 heavy (non-hydrogen) atoms. The lowest BCUT2D eigenvalue weighted by atomic mass is 10.1. The Morgan fingerprint density at radius 1 is 1.50 bits per heavy atom. The highest BCUT2D eigenvalue weighted by Crippen LogP contribution is 2.19. The third-order valence-corrected chi connectivity index (χ3v) is 3.05. The highest BCUT2D eigenvalue weighted by atomic mass is 16.3. The summed E-state index contributed by atoms with van der Waals surface area (Å²) in [4.78, 5) is 25.3. The lowest BCUT2D eigenvalue weighted by Gasteiger charge is -2.18. The zero-order chi connectivity index (χ0) is 13.5. The molecule has 1 heterocycles. The monoisotopic (exact) mass is 256 g/mol. The summed E-state index contributed by atoms with van der Waals surface area (Å²) in [5.41, 5.74) is 0. The molecule has 0 radical (unpaired) electrons. The molecule has 2 N–H and O–H groups in total. The van der Waals surface area contributed by atoms with E-state index in [1.165, 1.54) is 0 Å². The Morgan fingerprint density at radius 3 is 2.83 bits per heavy atom. The van der Waals surface area contributed by atoms with Crippen LogP contribution in [0.2, 0.25) is 0 Å². The van der Waals surface area contributed by atoms with E-state index in [1.807, 2.05) is 0 Å². The predicted octanol–water partition coefficient (Wildman–Crippen LogP) is 0.380. The summed E-state index contributed by atoms with van der Waals surface area (Å²) >= 11 is 0. The van der Waals surface area contributed by atoms with Gasteiger partial charge in [-0.2, -0.15) is 0 Å². The van der Waals surface area contributed by atoms with Gasteiger partial charge < -0.3 is 15.3 Å². The van der Waals surface area contributed by atoms with Crippen molar-refractivity contribution in [2.75, 3.05) is 26.2 Å². The Hall–Kier alpha value is -1.10. The van der Waals surface area contributed by atoms with Crippen LogP contribution in [0.3, 0.4) is 0 Å². The molecule has 2 amide bonds. The normalized spacial score (nSPS) is 19.7. The van der Waals surface area contributed by atoms with Crippen LogP contribution in [0.4, 0.5) is 0 Å². The van der Waals surface area contributed by atoms with Crippen LogP contribution in [-0.2, 0) is 9.59 Å². The van der Waals surface area contributed by atoms with Gasteiger partial charge in [0.15, 0.2) is 0 Å². The summed E-state index contributed by atoms with van der Waals surface area (Å²) in [7, 11) is 0. The minimum absolute atomic E-state index is 0.0347. The van der Waals surface area contributed by atoms with Crippen LogP contribution in [0.5, 0.6) is 0 Å². The molecule has 0 aromatic rings. The fourth-order valence-corrected chi connectivity index (χ4v) is 2.16. The Bertz CT molecular complexity index is 292. The highest BCUT2D eigenvalue weighted by Gasteiger charge is 2.34. The molecule has 1 saturated heterocycles. The second kappa shape index (κ2) is 7.36. The van der Waals surface area contributed by atoms with Gasteiger partial charge in [-0.25, -0.2) is 0 Å². The number of hydrogen-bond acceptors (Lipinski definition) is 3. The number of aliphatic hydroxyl groups is 1. The van der Waals surface area contributed by atoms with Gasteiger partial charge in [-0.15, -0.1) is 0 Å². The van der Waals surface area contributed by atoms with Crippen LogP contribution >= 0.6 is 0 Å². The van der Waals surface area contributed by atoms with E-state index >= 15 is 0 Å². The van der Waals surface area contributed by atoms with E-state index in [0.29, 0.717) is 31.8 Å². The smallest absolute Gasteiger partial charge is 0.225 e. The van der Waals surface area contributed by atoms with Gasteiger partial charge in [0.05, 0.1) is 5.92 Å². The van der Waals surface area contributed by atoms with E-state index in [2.05, 4.69) is 19.2 Å². The zero-order valence-corrected chi connectivity index (χ0v) is 11.3. The van der Waals surface area contributed by atoms with Crippen LogP contribution in [0.1, 0.15) is 33.1 Å². The van der Waals surface area contributed by atoms with E-state index < -0.39 is 0 Å². The molecule has 104 valence electrons. The fourth-order valence-electron chi connectivity index (χ4n) is 2.16. The first-order chi connectivity index (χ1) is 8.54. The van der Waals surface area contributed by atoms with Gasteiger partial charge in [0, 0.05) is 32.7 Å². The largest absolute Gasteiger partial charge is 0.396 e. The number of likely N-dealkylation sites (tertiary alicyclic amines) is 1. The van der Waals surface area contributed by atoms with Crippen molar-refractivity contribution < 1.29 is 14.7 Å². The molecule has 0 bridgehead atoms. The summed E-state index contributed by atoms with van der Waals surface area (Å²) in [5.74, 6) is 0.275. The fraction of sp³-hybridized carbons (Fsp3) is 0.846. The molecule has 0 saturated carbocycles. The average molecular weight is 256 g/mol. The number of unbranched alkanes of at least 4 members (excludes halogenated alkanes) is 1. The van der Waals surface area contributed by atoms with Crippen molar-refractivity contribution in [1.29, 1.82) is 0 Å². The number of hydrogen-bond donors (Lipinski definition) is 2. The lowest BCUT2D eigenvalue weighted by molar-refractivity contribution is -0.129. The van der Waals surface area contributed by atoms with Crippen molar-refractivity contribution in [3.63, 3.8) is 0 Å². The van der Waals surface area contributed by atoms with Gasteiger partial charge in [0.1, 0.15) is 0 Å². The number of nitrogens with one attached hydrogen (secondary N) is 1. The van der Waals surface area contributed by atoms with Crippen molar-refractivity contribution in [2.24, 2.45) is 11.8 Å². The average Bonchev–Trinajstić information content (AvgIpc) is 2.65. The van der Waals surface area contributed by atoms with Crippen molar-refractivity contribution in [3.8, 4) is 0 Å². The van der Waals surface area contributed by atoms with E-state index in [-0.39, 0.29) is 24.3 Å². The summed E-state index contributed by atoms with van der Waals surface area (Å²) in [6.07, 6.45) is 1.81. The standard InChI is InChI=1S/C13H24N2O3/c1-10(2)8-15-9-11(7-12(15)17)13(18)14-5-3-4-6-16/h10-11,16H,3-9H2,1-2H3,(H,14,18). The number of amides is 2. The van der Waals surface area contributed by atoms with Crippen LogP contribution < -0.4 is 5.32 Å². The number of rotatable bonds is 7. The van der Waals surface area contributed by atoms with E-state index in [1.54, 1.807) is 4.90 Å². The molecular formula is C13H24N2O3. The van der Waals surface area contributed by atoms with Crippen LogP contribution in [-0.4, -0.2) is 48.1 Å². The van der Waals surface area contributed by atoms with Crippen molar-refractivity contribution in [3.05, 3.63) is 0 Å². The summed E-state index contributed by atoms with van der Waals surface area (Å²) < 4.78 is 0. The second-order valence-corrected chi connectivity index (χ2v) is 5.32. The van der Waals surface area contributed by atoms with E-state index in [9.17, 15) is 9.59 Å². The molecule has 1 aliphatic heterocycles. The van der Waals surface area contributed by atoms with Crippen LogP contribution in [0, 0.1) is 11.8 Å². The number of carbonyl (C=O) groups excluding carboxylic acids is 2. The summed E-state index contributed by atoms with van der Waals surface area (Å²) in [6.45, 7) is 6.13. The summed E-state index contributed by atoms with van der Waals surface area (Å²) in [5, 5.41) is 11.5.